The number of amides is 1. The third-order valence-electron chi connectivity index (χ3n) is 4.56. The second-order valence-electron chi connectivity index (χ2n) is 6.40. The summed E-state index contributed by atoms with van der Waals surface area (Å²) in [7, 11) is 0. The molecule has 1 unspecified atom stereocenters. The fourth-order valence-corrected chi connectivity index (χ4v) is 4.56. The molecule has 116 valence electrons. The third kappa shape index (κ3) is 3.09. The Labute approximate surface area is 136 Å². The summed E-state index contributed by atoms with van der Waals surface area (Å²) in [6.45, 7) is 6.37. The summed E-state index contributed by atoms with van der Waals surface area (Å²) in [5.74, 6) is 0.832. The van der Waals surface area contributed by atoms with Gasteiger partial charge in [-0.05, 0) is 67.9 Å². The number of benzene rings is 1. The zero-order chi connectivity index (χ0) is 15.7. The molecule has 0 aliphatic heterocycles. The first-order valence-corrected chi connectivity index (χ1v) is 8.93. The van der Waals surface area contributed by atoms with Crippen LogP contribution in [0.4, 0.5) is 5.69 Å². The Morgan fingerprint density at radius 3 is 2.68 bits per heavy atom. The van der Waals surface area contributed by atoms with E-state index in [-0.39, 0.29) is 5.91 Å². The van der Waals surface area contributed by atoms with Gasteiger partial charge in [0.25, 0.3) is 5.91 Å². The van der Waals surface area contributed by atoms with Crippen LogP contribution in [0.3, 0.4) is 0 Å². The first-order chi connectivity index (χ1) is 10.6. The predicted molar refractivity (Wildman–Crippen MR) is 94.0 cm³/mol. The van der Waals surface area contributed by atoms with Gasteiger partial charge < -0.3 is 5.32 Å². The van der Waals surface area contributed by atoms with Gasteiger partial charge in [-0.2, -0.15) is 0 Å². The van der Waals surface area contributed by atoms with E-state index in [0.717, 1.165) is 30.0 Å². The molecule has 1 aliphatic carbocycles. The fourth-order valence-electron chi connectivity index (χ4n) is 3.36. The van der Waals surface area contributed by atoms with Gasteiger partial charge in [0.2, 0.25) is 0 Å². The molecular weight excluding hydrogens is 290 g/mol. The highest BCUT2D eigenvalue weighted by molar-refractivity contribution is 7.10. The summed E-state index contributed by atoms with van der Waals surface area (Å²) in [6.07, 6.45) is 4.64. The second kappa shape index (κ2) is 6.25. The van der Waals surface area contributed by atoms with Crippen LogP contribution in [0, 0.1) is 19.8 Å². The SMILES string of the molecule is CCC1CCc2c(C(=O)Nc3cc(C)cc(C)c3)csc2C1. The average molecular weight is 313 g/mol. The lowest BCUT2D eigenvalue weighted by Gasteiger charge is -2.21. The number of rotatable bonds is 3. The van der Waals surface area contributed by atoms with E-state index in [9.17, 15) is 4.79 Å². The van der Waals surface area contributed by atoms with Crippen LogP contribution in [0.15, 0.2) is 23.6 Å². The highest BCUT2D eigenvalue weighted by Crippen LogP contribution is 2.34. The second-order valence-corrected chi connectivity index (χ2v) is 7.36. The molecule has 2 nitrogen and oxygen atoms in total. The molecule has 0 saturated carbocycles. The Morgan fingerprint density at radius 2 is 2.00 bits per heavy atom. The number of anilines is 1. The lowest BCUT2D eigenvalue weighted by atomic mass is 9.86. The van der Waals surface area contributed by atoms with Crippen molar-refractivity contribution in [2.45, 2.75) is 46.5 Å². The van der Waals surface area contributed by atoms with Crippen molar-refractivity contribution in [1.82, 2.24) is 0 Å². The van der Waals surface area contributed by atoms with E-state index in [1.165, 1.54) is 34.4 Å². The number of hydrogen-bond donors (Lipinski definition) is 1. The van der Waals surface area contributed by atoms with Gasteiger partial charge >= 0.3 is 0 Å². The summed E-state index contributed by atoms with van der Waals surface area (Å²) >= 11 is 1.76. The fraction of sp³-hybridized carbons (Fsp3) is 0.421. The van der Waals surface area contributed by atoms with Gasteiger partial charge in [-0.15, -0.1) is 11.3 Å². The maximum Gasteiger partial charge on any atom is 0.256 e. The molecule has 2 aromatic rings. The van der Waals surface area contributed by atoms with E-state index in [2.05, 4.69) is 32.2 Å². The van der Waals surface area contributed by atoms with Crippen molar-refractivity contribution in [3.63, 3.8) is 0 Å². The molecule has 3 rings (SSSR count). The van der Waals surface area contributed by atoms with Crippen LogP contribution in [-0.4, -0.2) is 5.91 Å². The molecule has 1 N–H and O–H groups in total. The van der Waals surface area contributed by atoms with E-state index in [4.69, 9.17) is 0 Å². The van der Waals surface area contributed by atoms with Crippen LogP contribution in [0.2, 0.25) is 0 Å². The van der Waals surface area contributed by atoms with Gasteiger partial charge in [-0.3, -0.25) is 4.79 Å². The van der Waals surface area contributed by atoms with Crippen molar-refractivity contribution in [1.29, 1.82) is 0 Å². The van der Waals surface area contributed by atoms with Crippen LogP contribution >= 0.6 is 11.3 Å². The Balaban J connectivity index is 1.80. The normalized spacial score (nSPS) is 17.1. The van der Waals surface area contributed by atoms with Gasteiger partial charge in [-0.1, -0.05) is 19.4 Å². The van der Waals surface area contributed by atoms with E-state index in [1.54, 1.807) is 11.3 Å². The monoisotopic (exact) mass is 313 g/mol. The molecule has 0 saturated heterocycles. The van der Waals surface area contributed by atoms with Crippen LogP contribution in [0.25, 0.3) is 0 Å². The highest BCUT2D eigenvalue weighted by Gasteiger charge is 2.24. The van der Waals surface area contributed by atoms with Crippen LogP contribution in [0.1, 0.15) is 51.7 Å². The predicted octanol–water partition coefficient (Wildman–Crippen LogP) is 5.13. The topological polar surface area (TPSA) is 29.1 Å². The van der Waals surface area contributed by atoms with Crippen LogP contribution in [-0.2, 0) is 12.8 Å². The zero-order valence-electron chi connectivity index (χ0n) is 13.5. The highest BCUT2D eigenvalue weighted by atomic mass is 32.1. The number of thiophene rings is 1. The van der Waals surface area contributed by atoms with Gasteiger partial charge in [0.15, 0.2) is 0 Å². The Morgan fingerprint density at radius 1 is 1.27 bits per heavy atom. The minimum atomic E-state index is 0.0393. The first-order valence-electron chi connectivity index (χ1n) is 8.05. The van der Waals surface area contributed by atoms with Crippen LogP contribution < -0.4 is 5.32 Å². The molecule has 1 heterocycles. The lowest BCUT2D eigenvalue weighted by molar-refractivity contribution is 0.102. The maximum absolute atomic E-state index is 12.6. The van der Waals surface area contributed by atoms with Crippen molar-refractivity contribution in [3.05, 3.63) is 50.7 Å². The van der Waals surface area contributed by atoms with Crippen molar-refractivity contribution >= 4 is 22.9 Å². The molecule has 1 atom stereocenters. The minimum absolute atomic E-state index is 0.0393. The van der Waals surface area contributed by atoms with Crippen molar-refractivity contribution in [2.24, 2.45) is 5.92 Å². The van der Waals surface area contributed by atoms with E-state index < -0.39 is 0 Å². The number of nitrogens with one attached hydrogen (secondary N) is 1. The largest absolute Gasteiger partial charge is 0.322 e. The minimum Gasteiger partial charge on any atom is -0.322 e. The van der Waals surface area contributed by atoms with Gasteiger partial charge in [0, 0.05) is 15.9 Å². The number of carbonyl (C=O) groups excluding carboxylic acids is 1. The molecule has 1 aromatic heterocycles. The van der Waals surface area contributed by atoms with Crippen molar-refractivity contribution in [3.8, 4) is 0 Å². The number of aryl methyl sites for hydroxylation is 2. The maximum atomic E-state index is 12.6. The molecule has 1 amide bonds. The summed E-state index contributed by atoms with van der Waals surface area (Å²) in [6, 6.07) is 6.17. The Kier molecular flexibility index (Phi) is 4.34. The lowest BCUT2D eigenvalue weighted by Crippen LogP contribution is -2.17. The first kappa shape index (κ1) is 15.3. The third-order valence-corrected chi connectivity index (χ3v) is 5.61. The molecule has 22 heavy (non-hydrogen) atoms. The van der Waals surface area contributed by atoms with Crippen molar-refractivity contribution in [2.75, 3.05) is 5.32 Å². The number of fused-ring (bicyclic) bond motifs is 1. The van der Waals surface area contributed by atoms with Crippen LogP contribution in [0.5, 0.6) is 0 Å². The van der Waals surface area contributed by atoms with Crippen molar-refractivity contribution < 1.29 is 4.79 Å². The summed E-state index contributed by atoms with van der Waals surface area (Å²) in [5, 5.41) is 5.11. The summed E-state index contributed by atoms with van der Waals surface area (Å²) in [5.41, 5.74) is 5.41. The van der Waals surface area contributed by atoms with Gasteiger partial charge in [0.05, 0.1) is 5.56 Å². The summed E-state index contributed by atoms with van der Waals surface area (Å²) < 4.78 is 0. The molecule has 0 fully saturated rings. The Bertz CT molecular complexity index is 681. The molecular formula is C19H23NOS. The van der Waals surface area contributed by atoms with Gasteiger partial charge in [-0.25, -0.2) is 0 Å². The summed E-state index contributed by atoms with van der Waals surface area (Å²) in [4.78, 5) is 14.0. The molecule has 3 heteroatoms. The number of hydrogen-bond acceptors (Lipinski definition) is 2. The molecule has 0 bridgehead atoms. The number of carbonyl (C=O) groups is 1. The van der Waals surface area contributed by atoms with E-state index in [0.29, 0.717) is 0 Å². The average Bonchev–Trinajstić information content (AvgIpc) is 2.88. The molecule has 0 radical (unpaired) electrons. The molecule has 1 aliphatic rings. The quantitative estimate of drug-likeness (QED) is 0.836. The standard InChI is InChI=1S/C19H23NOS/c1-4-14-5-6-16-17(11-22-18(16)10-14)19(21)20-15-8-12(2)7-13(3)9-15/h7-9,11,14H,4-6,10H2,1-3H3,(H,20,21). The molecule has 1 aromatic carbocycles. The van der Waals surface area contributed by atoms with Gasteiger partial charge in [0.1, 0.15) is 0 Å². The smallest absolute Gasteiger partial charge is 0.256 e. The Hall–Kier alpha value is -1.61. The zero-order valence-corrected chi connectivity index (χ0v) is 14.3. The van der Waals surface area contributed by atoms with E-state index in [1.807, 2.05) is 17.5 Å². The molecule has 0 spiro atoms. The van der Waals surface area contributed by atoms with E-state index >= 15 is 0 Å².